The second-order valence-corrected chi connectivity index (χ2v) is 5.29. The maximum absolute atomic E-state index is 5.87. The van der Waals surface area contributed by atoms with Crippen LogP contribution >= 0.6 is 12.2 Å². The molecule has 1 N–H and O–H groups in total. The Bertz CT molecular complexity index is 597. The number of fused-ring (bicyclic) bond motifs is 1. The molecule has 0 amide bonds. The lowest BCUT2D eigenvalue weighted by Crippen LogP contribution is -2.31. The Hall–Kier alpha value is -1.71. The highest BCUT2D eigenvalue weighted by atomic mass is 32.1. The molecule has 102 valence electrons. The highest BCUT2D eigenvalue weighted by Crippen LogP contribution is 2.26. The highest BCUT2D eigenvalue weighted by molar-refractivity contribution is 7.80. The normalized spacial score (nSPS) is 17.3. The summed E-state index contributed by atoms with van der Waals surface area (Å²) < 4.78 is 5.87. The van der Waals surface area contributed by atoms with Crippen LogP contribution in [0.4, 0.5) is 0 Å². The maximum atomic E-state index is 5.87. The van der Waals surface area contributed by atoms with Crippen molar-refractivity contribution in [2.75, 3.05) is 13.2 Å². The van der Waals surface area contributed by atoms with Crippen molar-refractivity contribution in [1.82, 2.24) is 5.32 Å². The summed E-state index contributed by atoms with van der Waals surface area (Å²) in [7, 11) is 0. The average Bonchev–Trinajstić information content (AvgIpc) is 2.53. The van der Waals surface area contributed by atoms with Gasteiger partial charge in [0.1, 0.15) is 4.99 Å². The van der Waals surface area contributed by atoms with Gasteiger partial charge in [-0.1, -0.05) is 66.8 Å². The summed E-state index contributed by atoms with van der Waals surface area (Å²) >= 11 is 5.42. The van der Waals surface area contributed by atoms with Crippen molar-refractivity contribution in [2.45, 2.75) is 12.5 Å². The fourth-order valence-electron chi connectivity index (χ4n) is 2.52. The van der Waals surface area contributed by atoms with Gasteiger partial charge in [-0.25, -0.2) is 0 Å². The molecule has 0 aliphatic carbocycles. The van der Waals surface area contributed by atoms with Gasteiger partial charge in [0.25, 0.3) is 0 Å². The minimum atomic E-state index is 0.0848. The number of thiocarbonyl (C=S) groups is 1. The van der Waals surface area contributed by atoms with Crippen molar-refractivity contribution < 1.29 is 4.74 Å². The van der Waals surface area contributed by atoms with Crippen molar-refractivity contribution in [1.29, 1.82) is 0 Å². The first-order valence-corrected chi connectivity index (χ1v) is 7.28. The molecule has 0 aromatic heterocycles. The zero-order chi connectivity index (χ0) is 13.8. The topological polar surface area (TPSA) is 21.3 Å². The van der Waals surface area contributed by atoms with Gasteiger partial charge in [-0.15, -0.1) is 0 Å². The van der Waals surface area contributed by atoms with E-state index in [2.05, 4.69) is 29.6 Å². The molecule has 0 saturated carbocycles. The van der Waals surface area contributed by atoms with Crippen LogP contribution in [0.2, 0.25) is 0 Å². The molecule has 3 rings (SSSR count). The van der Waals surface area contributed by atoms with E-state index in [9.17, 15) is 0 Å². The fraction of sp³-hybridized carbons (Fsp3) is 0.235. The van der Waals surface area contributed by atoms with E-state index in [0.717, 1.165) is 23.6 Å². The monoisotopic (exact) mass is 283 g/mol. The molecule has 0 bridgehead atoms. The van der Waals surface area contributed by atoms with Crippen LogP contribution in [0, 0.1) is 0 Å². The molecule has 1 aliphatic heterocycles. The predicted octanol–water partition coefficient (Wildman–Crippen LogP) is 3.27. The second kappa shape index (κ2) is 6.16. The summed E-state index contributed by atoms with van der Waals surface area (Å²) in [4.78, 5) is 0.775. The molecule has 20 heavy (non-hydrogen) atoms. The molecule has 0 spiro atoms. The largest absolute Gasteiger partial charge is 0.373 e. The number of ether oxygens (including phenoxy) is 1. The molecule has 0 saturated heterocycles. The first-order valence-electron chi connectivity index (χ1n) is 6.87. The van der Waals surface area contributed by atoms with E-state index < -0.39 is 0 Å². The zero-order valence-corrected chi connectivity index (χ0v) is 12.0. The molecule has 2 aromatic carbocycles. The van der Waals surface area contributed by atoms with Gasteiger partial charge in [-0.05, 0) is 17.5 Å². The molecular weight excluding hydrogens is 266 g/mol. The molecule has 1 atom stereocenters. The van der Waals surface area contributed by atoms with Gasteiger partial charge in [-0.2, -0.15) is 0 Å². The third kappa shape index (κ3) is 2.89. The molecule has 2 nitrogen and oxygen atoms in total. The van der Waals surface area contributed by atoms with Crippen LogP contribution in [0.25, 0.3) is 0 Å². The van der Waals surface area contributed by atoms with Gasteiger partial charge < -0.3 is 10.1 Å². The Kier molecular flexibility index (Phi) is 4.09. The van der Waals surface area contributed by atoms with E-state index in [1.165, 1.54) is 11.1 Å². The maximum Gasteiger partial charge on any atom is 0.106 e. The number of rotatable bonds is 3. The molecule has 0 radical (unpaired) electrons. The molecule has 2 aromatic rings. The van der Waals surface area contributed by atoms with E-state index in [1.807, 2.05) is 30.3 Å². The zero-order valence-electron chi connectivity index (χ0n) is 11.2. The molecule has 1 unspecified atom stereocenters. The molecule has 3 heteroatoms. The Labute approximate surface area is 124 Å². The van der Waals surface area contributed by atoms with Gasteiger partial charge in [0.05, 0.1) is 12.7 Å². The smallest absolute Gasteiger partial charge is 0.106 e. The number of hydrogen-bond acceptors (Lipinski definition) is 2. The second-order valence-electron chi connectivity index (χ2n) is 4.88. The SMILES string of the molecule is S=C(NCC1OCCc2ccccc21)c1ccccc1. The van der Waals surface area contributed by atoms with Crippen LogP contribution < -0.4 is 5.32 Å². The van der Waals surface area contributed by atoms with Crippen molar-refractivity contribution in [2.24, 2.45) is 0 Å². The summed E-state index contributed by atoms with van der Waals surface area (Å²) in [5.41, 5.74) is 3.71. The molecule has 1 aliphatic rings. The quantitative estimate of drug-likeness (QED) is 0.874. The van der Waals surface area contributed by atoms with E-state index >= 15 is 0 Å². The van der Waals surface area contributed by atoms with Crippen LogP contribution in [-0.4, -0.2) is 18.1 Å². The van der Waals surface area contributed by atoms with Gasteiger partial charge in [0, 0.05) is 12.1 Å². The van der Waals surface area contributed by atoms with Crippen LogP contribution in [0.5, 0.6) is 0 Å². The number of hydrogen-bond donors (Lipinski definition) is 1. The predicted molar refractivity (Wildman–Crippen MR) is 85.0 cm³/mol. The van der Waals surface area contributed by atoms with E-state index in [0.29, 0.717) is 6.54 Å². The lowest BCUT2D eigenvalue weighted by Gasteiger charge is -2.26. The first kappa shape index (κ1) is 13.3. The van der Waals surface area contributed by atoms with E-state index in [-0.39, 0.29) is 6.10 Å². The Morgan fingerprint density at radius 3 is 2.70 bits per heavy atom. The average molecular weight is 283 g/mol. The fourth-order valence-corrected chi connectivity index (χ4v) is 2.74. The molecular formula is C17H17NOS. The lowest BCUT2D eigenvalue weighted by atomic mass is 9.97. The summed E-state index contributed by atoms with van der Waals surface area (Å²) in [6.45, 7) is 1.49. The lowest BCUT2D eigenvalue weighted by molar-refractivity contribution is 0.0457. The van der Waals surface area contributed by atoms with Crippen molar-refractivity contribution in [3.63, 3.8) is 0 Å². The third-order valence-electron chi connectivity index (χ3n) is 3.58. The summed E-state index contributed by atoms with van der Waals surface area (Å²) in [5, 5.41) is 3.32. The minimum absolute atomic E-state index is 0.0848. The molecule has 1 heterocycles. The van der Waals surface area contributed by atoms with Crippen molar-refractivity contribution in [3.05, 3.63) is 71.3 Å². The summed E-state index contributed by atoms with van der Waals surface area (Å²) in [5.74, 6) is 0. The Morgan fingerprint density at radius 2 is 1.85 bits per heavy atom. The van der Waals surface area contributed by atoms with Crippen LogP contribution in [0.3, 0.4) is 0 Å². The van der Waals surface area contributed by atoms with Crippen LogP contribution in [-0.2, 0) is 11.2 Å². The van der Waals surface area contributed by atoms with Gasteiger partial charge in [0.2, 0.25) is 0 Å². The van der Waals surface area contributed by atoms with Gasteiger partial charge in [0.15, 0.2) is 0 Å². The number of nitrogens with one attached hydrogen (secondary N) is 1. The summed E-state index contributed by atoms with van der Waals surface area (Å²) in [6.07, 6.45) is 1.08. The van der Waals surface area contributed by atoms with Crippen molar-refractivity contribution in [3.8, 4) is 0 Å². The Balaban J connectivity index is 1.67. The number of benzene rings is 2. The molecule has 0 fully saturated rings. The van der Waals surface area contributed by atoms with Gasteiger partial charge in [-0.3, -0.25) is 0 Å². The highest BCUT2D eigenvalue weighted by Gasteiger charge is 2.20. The van der Waals surface area contributed by atoms with E-state index in [1.54, 1.807) is 0 Å². The van der Waals surface area contributed by atoms with Crippen molar-refractivity contribution >= 4 is 17.2 Å². The van der Waals surface area contributed by atoms with E-state index in [4.69, 9.17) is 17.0 Å². The van der Waals surface area contributed by atoms with Gasteiger partial charge >= 0.3 is 0 Å². The van der Waals surface area contributed by atoms with Crippen LogP contribution in [0.15, 0.2) is 54.6 Å². The first-order chi connectivity index (χ1) is 9.84. The third-order valence-corrected chi connectivity index (χ3v) is 3.96. The minimum Gasteiger partial charge on any atom is -0.373 e. The van der Waals surface area contributed by atoms with Crippen LogP contribution in [0.1, 0.15) is 22.8 Å². The summed E-state index contributed by atoms with van der Waals surface area (Å²) in [6, 6.07) is 18.5. The Morgan fingerprint density at radius 1 is 1.10 bits per heavy atom. The standard InChI is InChI=1S/C17H17NOS/c20-17(14-7-2-1-3-8-14)18-12-16-15-9-5-4-6-13(15)10-11-19-16/h1-9,16H,10-12H2,(H,18,20).